The van der Waals surface area contributed by atoms with Crippen LogP contribution in [0.25, 0.3) is 0 Å². The molecule has 0 saturated carbocycles. The van der Waals surface area contributed by atoms with Crippen LogP contribution < -0.4 is 0 Å². The third kappa shape index (κ3) is 3.84. The summed E-state index contributed by atoms with van der Waals surface area (Å²) in [6, 6.07) is 6.01. The number of carbonyl (C=O) groups is 2. The van der Waals surface area contributed by atoms with Gasteiger partial charge in [-0.1, -0.05) is 18.2 Å². The molecule has 0 amide bonds. The largest absolute Gasteiger partial charge is 0.481 e. The van der Waals surface area contributed by atoms with E-state index in [0.29, 0.717) is 0 Å². The van der Waals surface area contributed by atoms with E-state index in [4.69, 9.17) is 4.74 Å². The summed E-state index contributed by atoms with van der Waals surface area (Å²) in [4.78, 5) is 28.1. The molecule has 6 nitrogen and oxygen atoms in total. The molecule has 0 fully saturated rings. The van der Waals surface area contributed by atoms with Crippen molar-refractivity contribution in [1.29, 1.82) is 5.26 Å². The summed E-state index contributed by atoms with van der Waals surface area (Å²) in [6.07, 6.45) is -4.78. The number of benzene rings is 1. The highest BCUT2D eigenvalue weighted by Crippen LogP contribution is 2.44. The monoisotopic (exact) mass is 380 g/mol. The number of aliphatic carboxylic acids is 1. The van der Waals surface area contributed by atoms with Gasteiger partial charge in [-0.3, -0.25) is 4.79 Å². The van der Waals surface area contributed by atoms with Crippen molar-refractivity contribution in [3.05, 3.63) is 46.7 Å². The van der Waals surface area contributed by atoms with Gasteiger partial charge in [0.1, 0.15) is 12.0 Å². The Morgan fingerprint density at radius 2 is 1.96 bits per heavy atom. The number of nitriles is 1. The number of hydrogen-bond acceptors (Lipinski definition) is 5. The second-order valence-corrected chi connectivity index (χ2v) is 5.73. The lowest BCUT2D eigenvalue weighted by atomic mass is 9.74. The van der Waals surface area contributed by atoms with Gasteiger partial charge in [-0.05, 0) is 25.5 Å². The first-order chi connectivity index (χ1) is 12.6. The molecule has 1 aliphatic heterocycles. The number of esters is 1. The van der Waals surface area contributed by atoms with Gasteiger partial charge in [-0.2, -0.15) is 18.4 Å². The minimum absolute atomic E-state index is 0.0749. The number of halogens is 3. The van der Waals surface area contributed by atoms with Crippen LogP contribution in [0.5, 0.6) is 0 Å². The first-order valence-corrected chi connectivity index (χ1v) is 7.88. The summed E-state index contributed by atoms with van der Waals surface area (Å²) in [5.41, 5.74) is -2.54. The average molecular weight is 380 g/mol. The van der Waals surface area contributed by atoms with Gasteiger partial charge >= 0.3 is 18.1 Å². The van der Waals surface area contributed by atoms with E-state index in [9.17, 15) is 33.1 Å². The Labute approximate surface area is 152 Å². The van der Waals surface area contributed by atoms with E-state index in [0.717, 1.165) is 18.2 Å². The summed E-state index contributed by atoms with van der Waals surface area (Å²) in [6.45, 7) is 2.67. The highest BCUT2D eigenvalue weighted by molar-refractivity contribution is 6.07. The van der Waals surface area contributed by atoms with E-state index in [-0.39, 0.29) is 12.3 Å². The first kappa shape index (κ1) is 20.2. The van der Waals surface area contributed by atoms with Gasteiger partial charge < -0.3 is 9.84 Å². The van der Waals surface area contributed by atoms with Crippen LogP contribution in [-0.2, 0) is 20.5 Å². The summed E-state index contributed by atoms with van der Waals surface area (Å²) in [5, 5.41) is 18.9. The van der Waals surface area contributed by atoms with Crippen LogP contribution >= 0.6 is 0 Å². The summed E-state index contributed by atoms with van der Waals surface area (Å²) in [5.74, 6) is -5.65. The van der Waals surface area contributed by atoms with Crippen LogP contribution in [0.1, 0.15) is 30.9 Å². The van der Waals surface area contributed by atoms with Crippen molar-refractivity contribution in [3.63, 3.8) is 0 Å². The molecular formula is C18H15F3N2O4. The number of hydrogen-bond donors (Lipinski definition) is 1. The Hall–Kier alpha value is -3.15. The normalized spacial score (nSPS) is 19.9. The molecule has 142 valence electrons. The zero-order valence-corrected chi connectivity index (χ0v) is 14.4. The summed E-state index contributed by atoms with van der Waals surface area (Å²) < 4.78 is 45.4. The first-order valence-electron chi connectivity index (χ1n) is 7.88. The fraction of sp³-hybridized carbons (Fsp3) is 0.333. The van der Waals surface area contributed by atoms with Gasteiger partial charge in [0.25, 0.3) is 0 Å². The smallest absolute Gasteiger partial charge is 0.416 e. The Morgan fingerprint density at radius 3 is 2.48 bits per heavy atom. The van der Waals surface area contributed by atoms with Crippen molar-refractivity contribution in [2.45, 2.75) is 25.9 Å². The molecule has 0 aromatic heterocycles. The van der Waals surface area contributed by atoms with Crippen molar-refractivity contribution in [2.75, 3.05) is 6.61 Å². The molecule has 0 saturated heterocycles. The number of rotatable bonds is 4. The van der Waals surface area contributed by atoms with Gasteiger partial charge in [0, 0.05) is 11.6 Å². The number of allylic oxidation sites excluding steroid dienone is 1. The molecule has 1 N–H and O–H groups in total. The molecule has 1 aromatic rings. The van der Waals surface area contributed by atoms with E-state index in [1.165, 1.54) is 19.9 Å². The average Bonchev–Trinajstić information content (AvgIpc) is 2.59. The van der Waals surface area contributed by atoms with Gasteiger partial charge in [-0.25, -0.2) is 9.79 Å². The van der Waals surface area contributed by atoms with E-state index in [2.05, 4.69) is 4.99 Å². The molecular weight excluding hydrogens is 365 g/mol. The van der Waals surface area contributed by atoms with Crippen LogP contribution in [0, 0.1) is 17.2 Å². The predicted octanol–water partition coefficient (Wildman–Crippen LogP) is 3.31. The molecule has 0 radical (unpaired) electrons. The second kappa shape index (κ2) is 7.61. The third-order valence-electron chi connectivity index (χ3n) is 4.11. The number of carbonyl (C=O) groups excluding carboxylic acids is 1. The fourth-order valence-corrected chi connectivity index (χ4v) is 3.06. The number of ether oxygens (including phenoxy) is 1. The molecule has 27 heavy (non-hydrogen) atoms. The van der Waals surface area contributed by atoms with Crippen LogP contribution in [-0.4, -0.2) is 29.4 Å². The molecule has 1 aliphatic rings. The number of carboxylic acid groups (broad SMARTS) is 1. The number of nitrogens with zero attached hydrogens (tertiary/aromatic N) is 2. The zero-order chi connectivity index (χ0) is 20.4. The molecule has 0 aliphatic carbocycles. The Balaban J connectivity index is 2.84. The van der Waals surface area contributed by atoms with Gasteiger partial charge in [0.2, 0.25) is 0 Å². The second-order valence-electron chi connectivity index (χ2n) is 5.73. The summed E-state index contributed by atoms with van der Waals surface area (Å²) in [7, 11) is 0. The van der Waals surface area contributed by atoms with E-state index >= 15 is 0 Å². The quantitative estimate of drug-likeness (QED) is 0.808. The maximum absolute atomic E-state index is 13.5. The SMILES string of the molecule is CCOC(=O)C1=C(C#N)N=C(C)C(C(=O)O)C1c1ccccc1C(F)(F)F. The van der Waals surface area contributed by atoms with E-state index in [1.807, 2.05) is 0 Å². The lowest BCUT2D eigenvalue weighted by Gasteiger charge is -2.31. The van der Waals surface area contributed by atoms with Crippen molar-refractivity contribution in [2.24, 2.45) is 10.9 Å². The van der Waals surface area contributed by atoms with Crippen LogP contribution in [0.3, 0.4) is 0 Å². The van der Waals surface area contributed by atoms with Gasteiger partial charge in [0.15, 0.2) is 5.70 Å². The Morgan fingerprint density at radius 1 is 1.33 bits per heavy atom. The lowest BCUT2D eigenvalue weighted by Crippen LogP contribution is -2.36. The zero-order valence-electron chi connectivity index (χ0n) is 14.4. The van der Waals surface area contributed by atoms with Crippen molar-refractivity contribution >= 4 is 17.7 Å². The fourth-order valence-electron chi connectivity index (χ4n) is 3.06. The maximum Gasteiger partial charge on any atom is 0.416 e. The highest BCUT2D eigenvalue weighted by Gasteiger charge is 2.46. The van der Waals surface area contributed by atoms with Crippen molar-refractivity contribution in [1.82, 2.24) is 0 Å². The van der Waals surface area contributed by atoms with E-state index < -0.39 is 52.3 Å². The number of carboxylic acids is 1. The molecule has 1 aromatic carbocycles. The van der Waals surface area contributed by atoms with Crippen LogP contribution in [0.4, 0.5) is 13.2 Å². The molecule has 1 heterocycles. The lowest BCUT2D eigenvalue weighted by molar-refractivity contribution is -0.143. The molecule has 2 rings (SSSR count). The van der Waals surface area contributed by atoms with Crippen molar-refractivity contribution in [3.8, 4) is 6.07 Å². The Bertz CT molecular complexity index is 881. The Kier molecular flexibility index (Phi) is 5.69. The predicted molar refractivity (Wildman–Crippen MR) is 87.7 cm³/mol. The number of alkyl halides is 3. The molecule has 2 atom stereocenters. The third-order valence-corrected chi connectivity index (χ3v) is 4.11. The van der Waals surface area contributed by atoms with Gasteiger partial charge in [0.05, 0.1) is 17.7 Å². The molecule has 0 spiro atoms. The van der Waals surface area contributed by atoms with E-state index in [1.54, 1.807) is 6.07 Å². The topological polar surface area (TPSA) is 99.8 Å². The van der Waals surface area contributed by atoms with Crippen molar-refractivity contribution < 1.29 is 32.6 Å². The van der Waals surface area contributed by atoms with Gasteiger partial charge in [-0.15, -0.1) is 0 Å². The minimum atomic E-state index is -4.78. The van der Waals surface area contributed by atoms with Crippen LogP contribution in [0.15, 0.2) is 40.5 Å². The number of aliphatic imine (C=N–C) groups is 1. The molecule has 2 unspecified atom stereocenters. The maximum atomic E-state index is 13.5. The summed E-state index contributed by atoms with van der Waals surface area (Å²) >= 11 is 0. The minimum Gasteiger partial charge on any atom is -0.481 e. The molecule has 9 heteroatoms. The molecule has 0 bridgehead atoms. The standard InChI is InChI=1S/C18H15F3N2O4/c1-3-27-17(26)15-12(8-22)23-9(2)13(16(24)25)14(15)10-6-4-5-7-11(10)18(19,20)21/h4-7,13-14H,3H2,1-2H3,(H,24,25). The highest BCUT2D eigenvalue weighted by atomic mass is 19.4. The van der Waals surface area contributed by atoms with Crippen LogP contribution in [0.2, 0.25) is 0 Å².